The van der Waals surface area contributed by atoms with Crippen LogP contribution in [0.3, 0.4) is 0 Å². The molecule has 0 aromatic heterocycles. The average molecular weight is 201 g/mol. The zero-order valence-electron chi connectivity index (χ0n) is 8.91. The van der Waals surface area contributed by atoms with Gasteiger partial charge in [-0.1, -0.05) is 6.92 Å². The molecule has 0 aromatic rings. The maximum Gasteiger partial charge on any atom is 0.144 e. The summed E-state index contributed by atoms with van der Waals surface area (Å²) in [5.41, 5.74) is 0. The summed E-state index contributed by atoms with van der Waals surface area (Å²) in [6.45, 7) is 8.09. The minimum Gasteiger partial charge on any atom is -0.234 e. The Morgan fingerprint density at radius 1 is 1.38 bits per heavy atom. The molecule has 0 aromatic carbocycles. The molecular weight excluding hydrogens is 182 g/mol. The van der Waals surface area contributed by atoms with E-state index in [1.165, 1.54) is 12.8 Å². The highest BCUT2D eigenvalue weighted by atomic mass is 32.2. The quantitative estimate of drug-likeness (QED) is 0.631. The van der Waals surface area contributed by atoms with E-state index in [4.69, 9.17) is 0 Å². The summed E-state index contributed by atoms with van der Waals surface area (Å²) in [5, 5.41) is 0. The number of nitrogens with zero attached hydrogens (tertiary/aromatic N) is 1. The van der Waals surface area contributed by atoms with Crippen LogP contribution in [0.25, 0.3) is 0 Å². The van der Waals surface area contributed by atoms with Crippen LogP contribution in [0.15, 0.2) is 4.40 Å². The predicted octanol–water partition coefficient (Wildman–Crippen LogP) is 2.57. The lowest BCUT2D eigenvalue weighted by Gasteiger charge is -2.29. The molecule has 0 unspecified atom stereocenters. The first-order valence-electron chi connectivity index (χ1n) is 4.86. The van der Waals surface area contributed by atoms with Crippen molar-refractivity contribution in [3.05, 3.63) is 0 Å². The molecule has 0 radical (unpaired) electrons. The lowest BCUT2D eigenvalue weighted by molar-refractivity contribution is 0.286. The third-order valence-corrected chi connectivity index (χ3v) is 3.66. The van der Waals surface area contributed by atoms with E-state index in [0.717, 1.165) is 5.92 Å². The molecule has 0 heterocycles. The van der Waals surface area contributed by atoms with E-state index in [2.05, 4.69) is 11.3 Å². The molecule has 1 aliphatic carbocycles. The molecule has 76 valence electrons. The Hall–Kier alpha value is -0.180. The first-order chi connectivity index (χ1) is 5.89. The Labute approximate surface area is 83.4 Å². The van der Waals surface area contributed by atoms with Crippen LogP contribution in [-0.2, 0) is 11.0 Å². The summed E-state index contributed by atoms with van der Waals surface area (Å²) in [6, 6.07) is 0. The summed E-state index contributed by atoms with van der Waals surface area (Å²) in [5.74, 6) is 1.42. The summed E-state index contributed by atoms with van der Waals surface area (Å²) in [4.78, 5) is 0. The second-order valence-corrected chi connectivity index (χ2v) is 6.89. The molecule has 0 aliphatic heterocycles. The van der Waals surface area contributed by atoms with Crippen LogP contribution < -0.4 is 0 Å². The van der Waals surface area contributed by atoms with Crippen molar-refractivity contribution in [2.45, 2.75) is 45.3 Å². The number of hydrogen-bond donors (Lipinski definition) is 0. The van der Waals surface area contributed by atoms with Gasteiger partial charge in [0.25, 0.3) is 0 Å². The summed E-state index contributed by atoms with van der Waals surface area (Å²) in [7, 11) is -1.07. The smallest absolute Gasteiger partial charge is 0.144 e. The van der Waals surface area contributed by atoms with Crippen molar-refractivity contribution in [2.24, 2.45) is 16.2 Å². The molecule has 1 aliphatic rings. The van der Waals surface area contributed by atoms with Gasteiger partial charge >= 0.3 is 0 Å². The Morgan fingerprint density at radius 2 is 1.92 bits per heavy atom. The van der Waals surface area contributed by atoms with Crippen LogP contribution in [0.1, 0.15) is 40.5 Å². The van der Waals surface area contributed by atoms with Gasteiger partial charge in [-0.15, -0.1) is 0 Å². The number of rotatable bonds is 2. The predicted molar refractivity (Wildman–Crippen MR) is 58.3 cm³/mol. The fourth-order valence-corrected chi connectivity index (χ4v) is 1.98. The molecule has 2 nitrogen and oxygen atoms in total. The van der Waals surface area contributed by atoms with E-state index in [9.17, 15) is 4.21 Å². The van der Waals surface area contributed by atoms with E-state index in [1.54, 1.807) is 0 Å². The molecule has 0 spiro atoms. The molecule has 0 bridgehead atoms. The first kappa shape index (κ1) is 10.9. The zero-order chi connectivity index (χ0) is 10.1. The largest absolute Gasteiger partial charge is 0.234 e. The van der Waals surface area contributed by atoms with Gasteiger partial charge in [-0.3, -0.25) is 0 Å². The van der Waals surface area contributed by atoms with Gasteiger partial charge in [0.15, 0.2) is 0 Å². The van der Waals surface area contributed by atoms with Crippen molar-refractivity contribution in [3.8, 4) is 0 Å². The van der Waals surface area contributed by atoms with Crippen LogP contribution in [0, 0.1) is 11.8 Å². The van der Waals surface area contributed by atoms with E-state index in [-0.39, 0.29) is 4.75 Å². The molecule has 1 fully saturated rings. The first-order valence-corrected chi connectivity index (χ1v) is 5.96. The van der Waals surface area contributed by atoms with Crippen molar-refractivity contribution in [1.29, 1.82) is 0 Å². The summed E-state index contributed by atoms with van der Waals surface area (Å²) in [6.07, 6.45) is 4.32. The van der Waals surface area contributed by atoms with Crippen LogP contribution >= 0.6 is 0 Å². The lowest BCUT2D eigenvalue weighted by Crippen LogP contribution is -2.24. The molecule has 1 rings (SSSR count). The minimum atomic E-state index is -1.07. The minimum absolute atomic E-state index is 0.216. The highest BCUT2D eigenvalue weighted by Gasteiger charge is 2.24. The van der Waals surface area contributed by atoms with Gasteiger partial charge in [0.2, 0.25) is 0 Å². The van der Waals surface area contributed by atoms with Crippen molar-refractivity contribution >= 4 is 17.2 Å². The Morgan fingerprint density at radius 3 is 2.31 bits per heavy atom. The van der Waals surface area contributed by atoms with E-state index < -0.39 is 11.0 Å². The zero-order valence-corrected chi connectivity index (χ0v) is 9.73. The van der Waals surface area contributed by atoms with E-state index in [1.807, 2.05) is 27.0 Å². The van der Waals surface area contributed by atoms with Crippen molar-refractivity contribution in [2.75, 3.05) is 0 Å². The fraction of sp³-hybridized carbons (Fsp3) is 0.900. The van der Waals surface area contributed by atoms with Crippen LogP contribution in [-0.4, -0.2) is 15.2 Å². The molecule has 0 amide bonds. The molecule has 0 N–H and O–H groups in total. The molecule has 1 atom stereocenters. The van der Waals surface area contributed by atoms with Gasteiger partial charge in [0.1, 0.15) is 11.0 Å². The molecular formula is C10H19NOS. The molecule has 1 saturated carbocycles. The van der Waals surface area contributed by atoms with Gasteiger partial charge < -0.3 is 0 Å². The standard InChI is InChI=1S/C10H19NOS/c1-8-5-9(6-8)7-11-13(12)10(2,3)4/h7-9H,5-6H2,1-4H3/t8?,9?,13-/m1/s1. The van der Waals surface area contributed by atoms with Gasteiger partial charge in [-0.05, 0) is 45.4 Å². The van der Waals surface area contributed by atoms with Crippen LogP contribution in [0.5, 0.6) is 0 Å². The van der Waals surface area contributed by atoms with Crippen molar-refractivity contribution < 1.29 is 4.21 Å². The SMILES string of the molecule is CC1CC(C=N[S@](=O)C(C)(C)C)C1. The maximum atomic E-state index is 11.5. The van der Waals surface area contributed by atoms with Crippen LogP contribution in [0.2, 0.25) is 0 Å². The number of hydrogen-bond acceptors (Lipinski definition) is 1. The third kappa shape index (κ3) is 3.22. The monoisotopic (exact) mass is 201 g/mol. The van der Waals surface area contributed by atoms with Gasteiger partial charge in [0.05, 0.1) is 4.75 Å². The Kier molecular flexibility index (Phi) is 3.28. The van der Waals surface area contributed by atoms with E-state index in [0.29, 0.717) is 5.92 Å². The van der Waals surface area contributed by atoms with Crippen molar-refractivity contribution in [3.63, 3.8) is 0 Å². The molecule has 13 heavy (non-hydrogen) atoms. The van der Waals surface area contributed by atoms with Crippen LogP contribution in [0.4, 0.5) is 0 Å². The van der Waals surface area contributed by atoms with Gasteiger partial charge in [0, 0.05) is 6.21 Å². The average Bonchev–Trinajstić information content (AvgIpc) is 1.93. The molecule has 0 saturated heterocycles. The summed E-state index contributed by atoms with van der Waals surface area (Å²) < 4.78 is 15.4. The Bertz CT molecular complexity index is 224. The van der Waals surface area contributed by atoms with Crippen molar-refractivity contribution in [1.82, 2.24) is 0 Å². The Balaban J connectivity index is 2.36. The maximum absolute atomic E-state index is 11.5. The summed E-state index contributed by atoms with van der Waals surface area (Å²) >= 11 is 0. The highest BCUT2D eigenvalue weighted by Crippen LogP contribution is 2.31. The van der Waals surface area contributed by atoms with Gasteiger partial charge in [-0.2, -0.15) is 4.40 Å². The lowest BCUT2D eigenvalue weighted by atomic mass is 9.77. The fourth-order valence-electron chi connectivity index (χ4n) is 1.39. The third-order valence-electron chi connectivity index (χ3n) is 2.30. The normalized spacial score (nSPS) is 31.7. The van der Waals surface area contributed by atoms with Gasteiger partial charge in [-0.25, -0.2) is 4.21 Å². The highest BCUT2D eigenvalue weighted by molar-refractivity contribution is 7.85. The topological polar surface area (TPSA) is 29.4 Å². The molecule has 3 heteroatoms. The second kappa shape index (κ2) is 3.91. The second-order valence-electron chi connectivity index (χ2n) is 4.95. The van der Waals surface area contributed by atoms with E-state index >= 15 is 0 Å².